The lowest BCUT2D eigenvalue weighted by atomic mass is 9.96. The van der Waals surface area contributed by atoms with Crippen LogP contribution in [0.1, 0.15) is 29.8 Å². The number of carboxylic acid groups (broad SMARTS) is 1. The molecule has 1 aromatic carbocycles. The fraction of sp³-hybridized carbons (Fsp3) is 0.417. The predicted octanol–water partition coefficient (Wildman–Crippen LogP) is 2.67. The third-order valence-corrected chi connectivity index (χ3v) is 3.56. The number of hydrogen-bond acceptors (Lipinski definition) is 2. The highest BCUT2D eigenvalue weighted by Crippen LogP contribution is 2.23. The van der Waals surface area contributed by atoms with E-state index in [-0.39, 0.29) is 11.6 Å². The van der Waals surface area contributed by atoms with Gasteiger partial charge >= 0.3 is 5.97 Å². The number of carbonyl (C=O) groups is 1. The molecule has 0 saturated carbocycles. The van der Waals surface area contributed by atoms with Crippen LogP contribution in [0.25, 0.3) is 0 Å². The third kappa shape index (κ3) is 3.06. The van der Waals surface area contributed by atoms with Gasteiger partial charge in [0.05, 0.1) is 5.56 Å². The van der Waals surface area contributed by atoms with Crippen molar-refractivity contribution in [3.63, 3.8) is 0 Å². The Morgan fingerprint density at radius 1 is 1.50 bits per heavy atom. The van der Waals surface area contributed by atoms with Gasteiger partial charge in [-0.25, -0.2) is 4.79 Å². The standard InChI is InChI=1S/C12H16BrNO2/c1-7(2)10(14)6-8-4-3-5-9(11(8)13)12(15)16/h3-5,7,10H,6,14H2,1-2H3,(H,15,16). The van der Waals surface area contributed by atoms with Crippen molar-refractivity contribution in [2.75, 3.05) is 0 Å². The minimum atomic E-state index is -0.924. The summed E-state index contributed by atoms with van der Waals surface area (Å²) in [5, 5.41) is 8.97. The van der Waals surface area contributed by atoms with E-state index in [0.717, 1.165) is 5.56 Å². The molecule has 0 saturated heterocycles. The van der Waals surface area contributed by atoms with E-state index >= 15 is 0 Å². The number of carboxylic acids is 1. The van der Waals surface area contributed by atoms with Gasteiger partial charge in [-0.05, 0) is 39.9 Å². The van der Waals surface area contributed by atoms with Crippen molar-refractivity contribution in [3.05, 3.63) is 33.8 Å². The van der Waals surface area contributed by atoms with E-state index in [1.807, 2.05) is 6.07 Å². The minimum Gasteiger partial charge on any atom is -0.478 e. The van der Waals surface area contributed by atoms with Gasteiger partial charge in [-0.2, -0.15) is 0 Å². The van der Waals surface area contributed by atoms with Gasteiger partial charge in [-0.1, -0.05) is 26.0 Å². The zero-order chi connectivity index (χ0) is 12.3. The molecule has 0 aromatic heterocycles. The Labute approximate surface area is 104 Å². The Morgan fingerprint density at radius 2 is 2.12 bits per heavy atom. The van der Waals surface area contributed by atoms with E-state index in [9.17, 15) is 4.79 Å². The summed E-state index contributed by atoms with van der Waals surface area (Å²) in [7, 11) is 0. The molecule has 0 aliphatic heterocycles. The van der Waals surface area contributed by atoms with E-state index in [0.29, 0.717) is 16.8 Å². The molecule has 0 bridgehead atoms. The number of hydrogen-bond donors (Lipinski definition) is 2. The van der Waals surface area contributed by atoms with E-state index in [2.05, 4.69) is 29.8 Å². The van der Waals surface area contributed by atoms with E-state index in [4.69, 9.17) is 10.8 Å². The van der Waals surface area contributed by atoms with Crippen LogP contribution in [-0.2, 0) is 6.42 Å². The molecule has 4 heteroatoms. The molecule has 1 aromatic rings. The van der Waals surface area contributed by atoms with Gasteiger partial charge in [0.2, 0.25) is 0 Å². The maximum absolute atomic E-state index is 10.9. The Bertz CT molecular complexity index is 391. The number of benzene rings is 1. The molecule has 3 nitrogen and oxygen atoms in total. The second-order valence-corrected chi connectivity index (χ2v) is 4.99. The first-order valence-electron chi connectivity index (χ1n) is 5.19. The van der Waals surface area contributed by atoms with Crippen molar-refractivity contribution >= 4 is 21.9 Å². The van der Waals surface area contributed by atoms with E-state index in [1.54, 1.807) is 12.1 Å². The van der Waals surface area contributed by atoms with Gasteiger partial charge in [0.1, 0.15) is 0 Å². The summed E-state index contributed by atoms with van der Waals surface area (Å²) in [4.78, 5) is 10.9. The van der Waals surface area contributed by atoms with Crippen LogP contribution < -0.4 is 5.73 Å². The van der Waals surface area contributed by atoms with E-state index in [1.165, 1.54) is 0 Å². The van der Waals surface area contributed by atoms with E-state index < -0.39 is 5.97 Å². The SMILES string of the molecule is CC(C)C(N)Cc1cccc(C(=O)O)c1Br. The molecule has 3 N–H and O–H groups in total. The van der Waals surface area contributed by atoms with Gasteiger partial charge < -0.3 is 10.8 Å². The van der Waals surface area contributed by atoms with Gasteiger partial charge in [-0.3, -0.25) is 0 Å². The highest BCUT2D eigenvalue weighted by atomic mass is 79.9. The lowest BCUT2D eigenvalue weighted by molar-refractivity contribution is 0.0695. The maximum Gasteiger partial charge on any atom is 0.336 e. The maximum atomic E-state index is 10.9. The summed E-state index contributed by atoms with van der Waals surface area (Å²) in [6.07, 6.45) is 0.680. The molecular formula is C12H16BrNO2. The summed E-state index contributed by atoms with van der Waals surface area (Å²) in [5.41, 5.74) is 7.21. The summed E-state index contributed by atoms with van der Waals surface area (Å²) < 4.78 is 0.638. The summed E-state index contributed by atoms with van der Waals surface area (Å²) in [6.45, 7) is 4.11. The molecule has 1 unspecified atom stereocenters. The first-order chi connectivity index (χ1) is 7.43. The number of rotatable bonds is 4. The first-order valence-corrected chi connectivity index (χ1v) is 5.99. The normalized spacial score (nSPS) is 12.8. The minimum absolute atomic E-state index is 0.0420. The smallest absolute Gasteiger partial charge is 0.336 e. The van der Waals surface area contributed by atoms with Gasteiger partial charge in [-0.15, -0.1) is 0 Å². The van der Waals surface area contributed by atoms with Crippen LogP contribution in [-0.4, -0.2) is 17.1 Å². The fourth-order valence-electron chi connectivity index (χ4n) is 1.39. The Kier molecular flexibility index (Phi) is 4.50. The van der Waals surface area contributed by atoms with Crippen molar-refractivity contribution in [1.29, 1.82) is 0 Å². The lowest BCUT2D eigenvalue weighted by Crippen LogP contribution is -2.29. The molecule has 88 valence electrons. The largest absolute Gasteiger partial charge is 0.478 e. The molecule has 0 aliphatic carbocycles. The topological polar surface area (TPSA) is 63.3 Å². The highest BCUT2D eigenvalue weighted by Gasteiger charge is 2.15. The lowest BCUT2D eigenvalue weighted by Gasteiger charge is -2.16. The van der Waals surface area contributed by atoms with Crippen LogP contribution >= 0.6 is 15.9 Å². The van der Waals surface area contributed by atoms with Crippen LogP contribution in [0.15, 0.2) is 22.7 Å². The summed E-state index contributed by atoms with van der Waals surface area (Å²) >= 11 is 3.32. The summed E-state index contributed by atoms with van der Waals surface area (Å²) in [6, 6.07) is 5.27. The molecule has 0 aliphatic rings. The molecule has 0 fully saturated rings. The Balaban J connectivity index is 2.98. The van der Waals surface area contributed by atoms with Crippen molar-refractivity contribution < 1.29 is 9.90 Å². The Morgan fingerprint density at radius 3 is 2.62 bits per heavy atom. The highest BCUT2D eigenvalue weighted by molar-refractivity contribution is 9.10. The van der Waals surface area contributed by atoms with Gasteiger partial charge in [0, 0.05) is 10.5 Å². The predicted molar refractivity (Wildman–Crippen MR) is 67.6 cm³/mol. The Hall–Kier alpha value is -0.870. The average Bonchev–Trinajstić information content (AvgIpc) is 2.20. The molecular weight excluding hydrogens is 270 g/mol. The van der Waals surface area contributed by atoms with Crippen LogP contribution in [0, 0.1) is 5.92 Å². The molecule has 0 radical (unpaired) electrons. The number of aromatic carboxylic acids is 1. The zero-order valence-electron chi connectivity index (χ0n) is 9.40. The number of halogens is 1. The second kappa shape index (κ2) is 5.46. The van der Waals surface area contributed by atoms with Crippen molar-refractivity contribution in [2.45, 2.75) is 26.3 Å². The molecule has 1 rings (SSSR count). The molecule has 0 heterocycles. The van der Waals surface area contributed by atoms with Crippen LogP contribution in [0.3, 0.4) is 0 Å². The quantitative estimate of drug-likeness (QED) is 0.894. The fourth-order valence-corrected chi connectivity index (χ4v) is 1.99. The van der Waals surface area contributed by atoms with Crippen LogP contribution in [0.4, 0.5) is 0 Å². The number of nitrogens with two attached hydrogens (primary N) is 1. The van der Waals surface area contributed by atoms with Gasteiger partial charge in [0.15, 0.2) is 0 Å². The first kappa shape index (κ1) is 13.2. The zero-order valence-corrected chi connectivity index (χ0v) is 11.0. The van der Waals surface area contributed by atoms with Crippen molar-refractivity contribution in [1.82, 2.24) is 0 Å². The molecule has 1 atom stereocenters. The monoisotopic (exact) mass is 285 g/mol. The van der Waals surface area contributed by atoms with Crippen LogP contribution in [0.2, 0.25) is 0 Å². The second-order valence-electron chi connectivity index (χ2n) is 4.20. The van der Waals surface area contributed by atoms with Crippen molar-refractivity contribution in [3.8, 4) is 0 Å². The average molecular weight is 286 g/mol. The third-order valence-electron chi connectivity index (χ3n) is 2.62. The molecule has 16 heavy (non-hydrogen) atoms. The van der Waals surface area contributed by atoms with Gasteiger partial charge in [0.25, 0.3) is 0 Å². The molecule has 0 spiro atoms. The van der Waals surface area contributed by atoms with Crippen molar-refractivity contribution in [2.24, 2.45) is 11.7 Å². The molecule has 0 amide bonds. The van der Waals surface area contributed by atoms with Crippen LogP contribution in [0.5, 0.6) is 0 Å². The summed E-state index contributed by atoms with van der Waals surface area (Å²) in [5.74, 6) is -0.549.